The minimum Gasteiger partial charge on any atom is -0.262 e. The second kappa shape index (κ2) is 7.56. The van der Waals surface area contributed by atoms with E-state index >= 15 is 0 Å². The zero-order valence-corrected chi connectivity index (χ0v) is 13.9. The van der Waals surface area contributed by atoms with Gasteiger partial charge in [0.2, 0.25) is 0 Å². The van der Waals surface area contributed by atoms with Crippen molar-refractivity contribution in [1.29, 1.82) is 0 Å². The molecule has 0 heterocycles. The molecule has 22 heavy (non-hydrogen) atoms. The van der Waals surface area contributed by atoms with Gasteiger partial charge in [-0.2, -0.15) is 8.42 Å². The molecule has 0 aromatic heterocycles. The molecule has 0 amide bonds. The van der Waals surface area contributed by atoms with Crippen molar-refractivity contribution in [2.45, 2.75) is 44.6 Å². The largest absolute Gasteiger partial charge is 0.297 e. The van der Waals surface area contributed by atoms with Gasteiger partial charge in [0.25, 0.3) is 10.1 Å². The molecular formula is C18H22O3S. The van der Waals surface area contributed by atoms with Crippen LogP contribution in [0.5, 0.6) is 0 Å². The molecule has 2 aromatic rings. The average Bonchev–Trinajstić information content (AvgIpc) is 2.52. The molecule has 0 aliphatic heterocycles. The van der Waals surface area contributed by atoms with E-state index in [0.29, 0.717) is 0 Å². The highest BCUT2D eigenvalue weighted by molar-refractivity contribution is 7.86. The maximum atomic E-state index is 12.1. The summed E-state index contributed by atoms with van der Waals surface area (Å²) in [5.41, 5.74) is 3.14. The topological polar surface area (TPSA) is 43.4 Å². The molecule has 118 valence electrons. The molecule has 3 nitrogen and oxygen atoms in total. The van der Waals surface area contributed by atoms with Crippen LogP contribution < -0.4 is 0 Å². The maximum absolute atomic E-state index is 12.1. The minimum absolute atomic E-state index is 0.0598. The predicted molar refractivity (Wildman–Crippen MR) is 88.2 cm³/mol. The van der Waals surface area contributed by atoms with Gasteiger partial charge < -0.3 is 0 Å². The number of hydrogen-bond donors (Lipinski definition) is 0. The highest BCUT2D eigenvalue weighted by Crippen LogP contribution is 2.16. The van der Waals surface area contributed by atoms with Crippen molar-refractivity contribution in [2.24, 2.45) is 0 Å². The molecule has 0 aliphatic carbocycles. The zero-order valence-electron chi connectivity index (χ0n) is 13.1. The second-order valence-electron chi connectivity index (χ2n) is 5.45. The van der Waals surface area contributed by atoms with Gasteiger partial charge in [-0.05, 0) is 43.0 Å². The van der Waals surface area contributed by atoms with Crippen LogP contribution in [-0.2, 0) is 27.3 Å². The summed E-state index contributed by atoms with van der Waals surface area (Å²) in [4.78, 5) is 0.192. The Morgan fingerprint density at radius 2 is 1.50 bits per heavy atom. The Morgan fingerprint density at radius 1 is 0.909 bits per heavy atom. The van der Waals surface area contributed by atoms with Crippen LogP contribution in [0.4, 0.5) is 0 Å². The SMILES string of the molecule is CCCCc1ccc(COS(=O)(=O)c2ccc(C)cc2)cc1. The minimum atomic E-state index is -3.70. The zero-order chi connectivity index (χ0) is 16.0. The molecule has 0 spiro atoms. The molecule has 2 aromatic carbocycles. The Labute approximate surface area is 133 Å². The Morgan fingerprint density at radius 3 is 2.09 bits per heavy atom. The summed E-state index contributed by atoms with van der Waals surface area (Å²) < 4.78 is 29.3. The van der Waals surface area contributed by atoms with E-state index in [-0.39, 0.29) is 11.5 Å². The highest BCUT2D eigenvalue weighted by atomic mass is 32.2. The van der Waals surface area contributed by atoms with Crippen molar-refractivity contribution in [3.63, 3.8) is 0 Å². The first kappa shape index (κ1) is 16.7. The van der Waals surface area contributed by atoms with Crippen LogP contribution in [0, 0.1) is 6.92 Å². The molecule has 0 bridgehead atoms. The molecule has 0 saturated heterocycles. The number of unbranched alkanes of at least 4 members (excludes halogenated alkanes) is 1. The molecular weight excluding hydrogens is 296 g/mol. The lowest BCUT2D eigenvalue weighted by Crippen LogP contribution is -2.06. The summed E-state index contributed by atoms with van der Waals surface area (Å²) in [7, 11) is -3.70. The lowest BCUT2D eigenvalue weighted by molar-refractivity contribution is 0.308. The second-order valence-corrected chi connectivity index (χ2v) is 7.06. The molecule has 0 saturated carbocycles. The van der Waals surface area contributed by atoms with Crippen molar-refractivity contribution in [3.8, 4) is 0 Å². The molecule has 4 heteroatoms. The third-order valence-electron chi connectivity index (χ3n) is 3.53. The number of benzene rings is 2. The maximum Gasteiger partial charge on any atom is 0.297 e. The first-order valence-corrected chi connectivity index (χ1v) is 8.96. The van der Waals surface area contributed by atoms with Crippen molar-refractivity contribution in [2.75, 3.05) is 0 Å². The summed E-state index contributed by atoms with van der Waals surface area (Å²) in [5, 5.41) is 0. The van der Waals surface area contributed by atoms with Crippen LogP contribution in [0.2, 0.25) is 0 Å². The van der Waals surface area contributed by atoms with Crippen molar-refractivity contribution >= 4 is 10.1 Å². The van der Waals surface area contributed by atoms with Gasteiger partial charge in [0.15, 0.2) is 0 Å². The molecule has 2 rings (SSSR count). The molecule has 0 fully saturated rings. The van der Waals surface area contributed by atoms with Gasteiger partial charge in [-0.15, -0.1) is 0 Å². The van der Waals surface area contributed by atoms with Crippen molar-refractivity contribution < 1.29 is 12.6 Å². The molecule has 0 atom stereocenters. The fourth-order valence-corrected chi connectivity index (χ4v) is 3.00. The van der Waals surface area contributed by atoms with E-state index in [2.05, 4.69) is 6.92 Å². The quantitative estimate of drug-likeness (QED) is 0.717. The van der Waals surface area contributed by atoms with Crippen LogP contribution in [0.3, 0.4) is 0 Å². The summed E-state index contributed by atoms with van der Waals surface area (Å²) in [5.74, 6) is 0. The molecule has 0 N–H and O–H groups in total. The van der Waals surface area contributed by atoms with Crippen molar-refractivity contribution in [3.05, 3.63) is 65.2 Å². The standard InChI is InChI=1S/C18H22O3S/c1-3-4-5-16-8-10-17(11-9-16)14-21-22(19,20)18-12-6-15(2)7-13-18/h6-13H,3-5,14H2,1-2H3. The fraction of sp³-hybridized carbons (Fsp3) is 0.333. The van der Waals surface area contributed by atoms with E-state index in [1.807, 2.05) is 31.2 Å². The van der Waals surface area contributed by atoms with Gasteiger partial charge >= 0.3 is 0 Å². The normalized spacial score (nSPS) is 11.5. The van der Waals surface area contributed by atoms with Gasteiger partial charge in [0.1, 0.15) is 0 Å². The Kier molecular flexibility index (Phi) is 5.75. The van der Waals surface area contributed by atoms with Gasteiger partial charge in [-0.3, -0.25) is 4.18 Å². The Balaban J connectivity index is 1.98. The van der Waals surface area contributed by atoms with Crippen LogP contribution >= 0.6 is 0 Å². The van der Waals surface area contributed by atoms with Gasteiger partial charge in [-0.1, -0.05) is 55.3 Å². The Bertz CT molecular complexity index is 686. The average molecular weight is 318 g/mol. The van der Waals surface area contributed by atoms with Gasteiger partial charge in [-0.25, -0.2) is 0 Å². The number of rotatable bonds is 7. The summed E-state index contributed by atoms with van der Waals surface area (Å²) in [6.45, 7) is 4.14. The van der Waals surface area contributed by atoms with E-state index in [0.717, 1.165) is 24.0 Å². The lowest BCUT2D eigenvalue weighted by atomic mass is 10.1. The number of hydrogen-bond acceptors (Lipinski definition) is 3. The fourth-order valence-electron chi connectivity index (χ4n) is 2.10. The molecule has 0 aliphatic rings. The summed E-state index contributed by atoms with van der Waals surface area (Å²) >= 11 is 0. The monoisotopic (exact) mass is 318 g/mol. The molecule has 0 radical (unpaired) electrons. The lowest BCUT2D eigenvalue weighted by Gasteiger charge is -2.07. The smallest absolute Gasteiger partial charge is 0.262 e. The van der Waals surface area contributed by atoms with Crippen LogP contribution in [0.15, 0.2) is 53.4 Å². The predicted octanol–water partition coefficient (Wildman–Crippen LogP) is 4.24. The van der Waals surface area contributed by atoms with Crippen molar-refractivity contribution in [1.82, 2.24) is 0 Å². The van der Waals surface area contributed by atoms with E-state index < -0.39 is 10.1 Å². The third-order valence-corrected chi connectivity index (χ3v) is 4.81. The third kappa shape index (κ3) is 4.68. The number of aryl methyl sites for hydroxylation is 2. The van der Waals surface area contributed by atoms with Gasteiger partial charge in [0.05, 0.1) is 11.5 Å². The van der Waals surface area contributed by atoms with Gasteiger partial charge in [0, 0.05) is 0 Å². The van der Waals surface area contributed by atoms with E-state index in [4.69, 9.17) is 4.18 Å². The van der Waals surface area contributed by atoms with Crippen LogP contribution in [0.1, 0.15) is 36.5 Å². The van der Waals surface area contributed by atoms with E-state index in [1.54, 1.807) is 24.3 Å². The Hall–Kier alpha value is -1.65. The van der Waals surface area contributed by atoms with Crippen LogP contribution in [0.25, 0.3) is 0 Å². The van der Waals surface area contributed by atoms with E-state index in [9.17, 15) is 8.42 Å². The van der Waals surface area contributed by atoms with Crippen LogP contribution in [-0.4, -0.2) is 8.42 Å². The van der Waals surface area contributed by atoms with E-state index in [1.165, 1.54) is 12.0 Å². The summed E-state index contributed by atoms with van der Waals surface area (Å²) in [6, 6.07) is 14.6. The first-order valence-electron chi connectivity index (χ1n) is 7.55. The molecule has 0 unspecified atom stereocenters. The highest BCUT2D eigenvalue weighted by Gasteiger charge is 2.14. The summed E-state index contributed by atoms with van der Waals surface area (Å²) in [6.07, 6.45) is 3.39. The first-order chi connectivity index (χ1) is 10.5.